The SMILES string of the molecule is Cn1c(COc2cccc(F)c2)nc2ccc(Oc3ccc(Cl)c(F)c3)cc21. The summed E-state index contributed by atoms with van der Waals surface area (Å²) in [7, 11) is 1.85. The lowest BCUT2D eigenvalue weighted by atomic mass is 10.3. The molecular weight excluding hydrogens is 386 g/mol. The van der Waals surface area contributed by atoms with Gasteiger partial charge in [0, 0.05) is 25.2 Å². The Morgan fingerprint density at radius 3 is 2.54 bits per heavy atom. The first-order valence-electron chi connectivity index (χ1n) is 8.46. The topological polar surface area (TPSA) is 36.3 Å². The van der Waals surface area contributed by atoms with E-state index < -0.39 is 5.82 Å². The second kappa shape index (κ2) is 7.48. The van der Waals surface area contributed by atoms with E-state index in [1.54, 1.807) is 30.3 Å². The maximum absolute atomic E-state index is 13.6. The van der Waals surface area contributed by atoms with E-state index in [1.165, 1.54) is 24.3 Å². The molecule has 1 aromatic heterocycles. The van der Waals surface area contributed by atoms with Crippen LogP contribution in [-0.2, 0) is 13.7 Å². The Morgan fingerprint density at radius 2 is 1.75 bits per heavy atom. The van der Waals surface area contributed by atoms with Gasteiger partial charge in [-0.1, -0.05) is 17.7 Å². The first-order chi connectivity index (χ1) is 13.5. The van der Waals surface area contributed by atoms with Crippen molar-refractivity contribution in [1.29, 1.82) is 0 Å². The van der Waals surface area contributed by atoms with Crippen LogP contribution in [0.4, 0.5) is 8.78 Å². The monoisotopic (exact) mass is 400 g/mol. The van der Waals surface area contributed by atoms with Gasteiger partial charge in [-0.3, -0.25) is 0 Å². The number of hydrogen-bond acceptors (Lipinski definition) is 3. The van der Waals surface area contributed by atoms with Gasteiger partial charge in [0.1, 0.15) is 41.3 Å². The molecule has 0 amide bonds. The van der Waals surface area contributed by atoms with Gasteiger partial charge in [0.15, 0.2) is 0 Å². The Balaban J connectivity index is 1.56. The molecule has 142 valence electrons. The summed E-state index contributed by atoms with van der Waals surface area (Å²) in [5.74, 6) is 1.09. The number of imidazole rings is 1. The van der Waals surface area contributed by atoms with Crippen LogP contribution in [0.15, 0.2) is 60.7 Å². The Morgan fingerprint density at radius 1 is 0.964 bits per heavy atom. The molecule has 4 nitrogen and oxygen atoms in total. The van der Waals surface area contributed by atoms with Crippen molar-refractivity contribution in [3.05, 3.63) is 83.1 Å². The Bertz CT molecular complexity index is 1160. The second-order valence-corrected chi connectivity index (χ2v) is 6.57. The Hall–Kier alpha value is -3.12. The zero-order valence-corrected chi connectivity index (χ0v) is 15.6. The fourth-order valence-electron chi connectivity index (χ4n) is 2.79. The molecule has 0 saturated heterocycles. The van der Waals surface area contributed by atoms with Crippen LogP contribution in [0.3, 0.4) is 0 Å². The maximum Gasteiger partial charge on any atom is 0.147 e. The lowest BCUT2D eigenvalue weighted by molar-refractivity contribution is 0.291. The van der Waals surface area contributed by atoms with Crippen molar-refractivity contribution in [1.82, 2.24) is 9.55 Å². The molecule has 7 heteroatoms. The van der Waals surface area contributed by atoms with Crippen LogP contribution < -0.4 is 9.47 Å². The molecule has 0 aliphatic heterocycles. The van der Waals surface area contributed by atoms with E-state index in [1.807, 2.05) is 17.7 Å². The molecule has 0 spiro atoms. The van der Waals surface area contributed by atoms with E-state index in [9.17, 15) is 8.78 Å². The van der Waals surface area contributed by atoms with Crippen LogP contribution in [0.2, 0.25) is 5.02 Å². The Kier molecular flexibility index (Phi) is 4.88. The summed E-state index contributed by atoms with van der Waals surface area (Å²) in [6.45, 7) is 0.188. The number of halogens is 3. The molecule has 0 atom stereocenters. The molecule has 28 heavy (non-hydrogen) atoms. The summed E-state index contributed by atoms with van der Waals surface area (Å²) in [4.78, 5) is 4.53. The fraction of sp³-hybridized carbons (Fsp3) is 0.0952. The minimum Gasteiger partial charge on any atom is -0.486 e. The largest absolute Gasteiger partial charge is 0.486 e. The summed E-state index contributed by atoms with van der Waals surface area (Å²) in [6.07, 6.45) is 0. The number of ether oxygens (including phenoxy) is 2. The third-order valence-corrected chi connectivity index (χ3v) is 4.54. The van der Waals surface area contributed by atoms with Crippen molar-refractivity contribution in [3.8, 4) is 17.2 Å². The van der Waals surface area contributed by atoms with Gasteiger partial charge >= 0.3 is 0 Å². The highest BCUT2D eigenvalue weighted by atomic mass is 35.5. The average Bonchev–Trinajstić information content (AvgIpc) is 2.99. The smallest absolute Gasteiger partial charge is 0.147 e. The molecule has 0 aliphatic rings. The van der Waals surface area contributed by atoms with E-state index in [-0.39, 0.29) is 17.4 Å². The zero-order chi connectivity index (χ0) is 19.7. The van der Waals surface area contributed by atoms with E-state index in [2.05, 4.69) is 4.98 Å². The zero-order valence-electron chi connectivity index (χ0n) is 14.8. The van der Waals surface area contributed by atoms with Crippen LogP contribution in [0, 0.1) is 11.6 Å². The molecular formula is C21H15ClF2N2O2. The highest BCUT2D eigenvalue weighted by Crippen LogP contribution is 2.28. The molecule has 0 unspecified atom stereocenters. The third-order valence-electron chi connectivity index (χ3n) is 4.24. The lowest BCUT2D eigenvalue weighted by Crippen LogP contribution is -2.03. The van der Waals surface area contributed by atoms with Crippen LogP contribution in [0.5, 0.6) is 17.2 Å². The van der Waals surface area contributed by atoms with Crippen molar-refractivity contribution in [2.24, 2.45) is 7.05 Å². The van der Waals surface area contributed by atoms with E-state index in [4.69, 9.17) is 21.1 Å². The van der Waals surface area contributed by atoms with Gasteiger partial charge in [0.05, 0.1) is 16.1 Å². The van der Waals surface area contributed by atoms with Gasteiger partial charge in [0.25, 0.3) is 0 Å². The van der Waals surface area contributed by atoms with E-state index in [0.717, 1.165) is 11.0 Å². The molecule has 0 radical (unpaired) electrons. The van der Waals surface area contributed by atoms with E-state index in [0.29, 0.717) is 23.1 Å². The molecule has 0 N–H and O–H groups in total. The van der Waals surface area contributed by atoms with Crippen LogP contribution in [-0.4, -0.2) is 9.55 Å². The molecule has 0 fully saturated rings. The van der Waals surface area contributed by atoms with Crippen LogP contribution in [0.25, 0.3) is 11.0 Å². The predicted molar refractivity (Wildman–Crippen MR) is 103 cm³/mol. The van der Waals surface area contributed by atoms with Crippen molar-refractivity contribution >= 4 is 22.6 Å². The number of fused-ring (bicyclic) bond motifs is 1. The molecule has 0 aliphatic carbocycles. The first-order valence-corrected chi connectivity index (χ1v) is 8.84. The first kappa shape index (κ1) is 18.3. The third kappa shape index (κ3) is 3.77. The Labute approximate surface area is 164 Å². The predicted octanol–water partition coefficient (Wildman–Crippen LogP) is 5.88. The molecule has 0 saturated carbocycles. The summed E-state index contributed by atoms with van der Waals surface area (Å²) in [5.41, 5.74) is 1.58. The second-order valence-electron chi connectivity index (χ2n) is 6.16. The van der Waals surface area contributed by atoms with Gasteiger partial charge in [0.2, 0.25) is 0 Å². The standard InChI is InChI=1S/C21H15ClF2N2O2/c1-26-20-11-16(28-15-5-7-17(22)18(24)10-15)6-8-19(20)25-21(26)12-27-14-4-2-3-13(23)9-14/h2-11H,12H2,1H3. The fourth-order valence-corrected chi connectivity index (χ4v) is 2.91. The van der Waals surface area contributed by atoms with Gasteiger partial charge < -0.3 is 14.0 Å². The molecule has 1 heterocycles. The number of benzene rings is 3. The summed E-state index contributed by atoms with van der Waals surface area (Å²) < 4.78 is 40.1. The van der Waals surface area contributed by atoms with Crippen molar-refractivity contribution in [3.63, 3.8) is 0 Å². The van der Waals surface area contributed by atoms with Gasteiger partial charge in [-0.05, 0) is 36.4 Å². The molecule has 0 bridgehead atoms. The van der Waals surface area contributed by atoms with Gasteiger partial charge in [-0.2, -0.15) is 0 Å². The van der Waals surface area contributed by atoms with Gasteiger partial charge in [-0.15, -0.1) is 0 Å². The summed E-state index contributed by atoms with van der Waals surface area (Å²) in [5, 5.41) is 0.0392. The minimum absolute atomic E-state index is 0.0392. The lowest BCUT2D eigenvalue weighted by Gasteiger charge is -2.08. The normalized spacial score (nSPS) is 11.0. The number of aromatic nitrogens is 2. The van der Waals surface area contributed by atoms with Crippen molar-refractivity contribution in [2.45, 2.75) is 6.61 Å². The van der Waals surface area contributed by atoms with Crippen molar-refractivity contribution < 1.29 is 18.3 Å². The highest BCUT2D eigenvalue weighted by Gasteiger charge is 2.11. The van der Waals surface area contributed by atoms with Crippen molar-refractivity contribution in [2.75, 3.05) is 0 Å². The number of rotatable bonds is 5. The number of nitrogens with zero attached hydrogens (tertiary/aromatic N) is 2. The minimum atomic E-state index is -0.544. The molecule has 3 aromatic carbocycles. The quantitative estimate of drug-likeness (QED) is 0.420. The number of hydrogen-bond donors (Lipinski definition) is 0. The highest BCUT2D eigenvalue weighted by molar-refractivity contribution is 6.30. The summed E-state index contributed by atoms with van der Waals surface area (Å²) >= 11 is 5.69. The molecule has 4 aromatic rings. The molecule has 4 rings (SSSR count). The van der Waals surface area contributed by atoms with E-state index >= 15 is 0 Å². The van der Waals surface area contributed by atoms with Crippen LogP contribution >= 0.6 is 11.6 Å². The summed E-state index contributed by atoms with van der Waals surface area (Å²) in [6, 6.07) is 15.6. The number of aryl methyl sites for hydroxylation is 1. The van der Waals surface area contributed by atoms with Crippen LogP contribution in [0.1, 0.15) is 5.82 Å². The average molecular weight is 401 g/mol. The maximum atomic E-state index is 13.6. The van der Waals surface area contributed by atoms with Gasteiger partial charge in [-0.25, -0.2) is 13.8 Å².